The number of piperidine rings is 1. The Kier molecular flexibility index (Phi) is 5.08. The van der Waals surface area contributed by atoms with Crippen molar-refractivity contribution in [3.8, 4) is 0 Å². The van der Waals surface area contributed by atoms with Gasteiger partial charge in [-0.25, -0.2) is 4.79 Å². The number of likely N-dealkylation sites (tertiary alicyclic amines) is 1. The molecular formula is C11H19N3O4. The molecule has 4 N–H and O–H groups in total. The van der Waals surface area contributed by atoms with Gasteiger partial charge in [0.25, 0.3) is 0 Å². The maximum atomic E-state index is 11.6. The zero-order valence-corrected chi connectivity index (χ0v) is 10.4. The minimum absolute atomic E-state index is 0.0556. The number of hydrogen-bond donors (Lipinski definition) is 3. The van der Waals surface area contributed by atoms with E-state index < -0.39 is 23.9 Å². The van der Waals surface area contributed by atoms with Gasteiger partial charge in [0.15, 0.2) is 0 Å². The van der Waals surface area contributed by atoms with Crippen molar-refractivity contribution in [3.05, 3.63) is 0 Å². The molecule has 0 aliphatic carbocycles. The van der Waals surface area contributed by atoms with Crippen LogP contribution in [0.15, 0.2) is 0 Å². The molecule has 2 atom stereocenters. The van der Waals surface area contributed by atoms with Crippen LogP contribution in [0.5, 0.6) is 0 Å². The SMILES string of the molecule is CC(C(=O)NC(N)=O)N1CCCC(CC(=O)O)C1. The van der Waals surface area contributed by atoms with Gasteiger partial charge in [-0.15, -0.1) is 0 Å². The van der Waals surface area contributed by atoms with Crippen molar-refractivity contribution in [2.45, 2.75) is 32.2 Å². The van der Waals surface area contributed by atoms with Crippen molar-refractivity contribution in [1.82, 2.24) is 10.2 Å². The highest BCUT2D eigenvalue weighted by Gasteiger charge is 2.28. The Hall–Kier alpha value is -1.63. The van der Waals surface area contributed by atoms with Gasteiger partial charge in [-0.1, -0.05) is 0 Å². The molecule has 2 unspecified atom stereocenters. The third-order valence-corrected chi connectivity index (χ3v) is 3.19. The lowest BCUT2D eigenvalue weighted by molar-refractivity contribution is -0.138. The Bertz CT molecular complexity index is 345. The summed E-state index contributed by atoms with van der Waals surface area (Å²) in [6, 6.07) is -1.35. The van der Waals surface area contributed by atoms with E-state index in [9.17, 15) is 14.4 Å². The Morgan fingerprint density at radius 2 is 2.17 bits per heavy atom. The topological polar surface area (TPSA) is 113 Å². The summed E-state index contributed by atoms with van der Waals surface area (Å²) in [5.41, 5.74) is 4.89. The minimum Gasteiger partial charge on any atom is -0.481 e. The number of nitrogens with two attached hydrogens (primary N) is 1. The van der Waals surface area contributed by atoms with E-state index in [2.05, 4.69) is 0 Å². The van der Waals surface area contributed by atoms with E-state index in [0.29, 0.717) is 6.54 Å². The highest BCUT2D eigenvalue weighted by molar-refractivity contribution is 5.96. The lowest BCUT2D eigenvalue weighted by Crippen LogP contribution is -2.51. The van der Waals surface area contributed by atoms with Crippen LogP contribution in [0.1, 0.15) is 26.2 Å². The van der Waals surface area contributed by atoms with Crippen LogP contribution in [0.3, 0.4) is 0 Å². The molecule has 0 bridgehead atoms. The summed E-state index contributed by atoms with van der Waals surface area (Å²) >= 11 is 0. The lowest BCUT2D eigenvalue weighted by Gasteiger charge is -2.35. The largest absolute Gasteiger partial charge is 0.481 e. The number of carboxylic acids is 1. The van der Waals surface area contributed by atoms with E-state index in [1.807, 2.05) is 10.2 Å². The van der Waals surface area contributed by atoms with Crippen molar-refractivity contribution in [1.29, 1.82) is 0 Å². The molecule has 1 aliphatic rings. The second-order valence-corrected chi connectivity index (χ2v) is 4.63. The van der Waals surface area contributed by atoms with Crippen molar-refractivity contribution in [2.24, 2.45) is 11.7 Å². The molecule has 0 saturated carbocycles. The number of amides is 3. The van der Waals surface area contributed by atoms with Crippen LogP contribution in [-0.4, -0.2) is 47.0 Å². The number of primary amides is 1. The second-order valence-electron chi connectivity index (χ2n) is 4.63. The number of aliphatic carboxylic acids is 1. The average Bonchev–Trinajstić information content (AvgIpc) is 2.26. The van der Waals surface area contributed by atoms with E-state index in [4.69, 9.17) is 10.8 Å². The summed E-state index contributed by atoms with van der Waals surface area (Å²) in [6.45, 7) is 2.96. The quantitative estimate of drug-likeness (QED) is 0.643. The predicted octanol–water partition coefficient (Wildman–Crippen LogP) is -0.243. The van der Waals surface area contributed by atoms with Crippen LogP contribution in [0.2, 0.25) is 0 Å². The number of nitrogens with zero attached hydrogens (tertiary/aromatic N) is 1. The zero-order chi connectivity index (χ0) is 13.7. The van der Waals surface area contributed by atoms with Crippen molar-refractivity contribution in [2.75, 3.05) is 13.1 Å². The number of urea groups is 1. The van der Waals surface area contributed by atoms with Gasteiger partial charge in [0, 0.05) is 13.0 Å². The van der Waals surface area contributed by atoms with Gasteiger partial charge in [-0.3, -0.25) is 19.8 Å². The Labute approximate surface area is 105 Å². The van der Waals surface area contributed by atoms with Gasteiger partial charge < -0.3 is 10.8 Å². The summed E-state index contributed by atoms with van der Waals surface area (Å²) in [4.78, 5) is 34.8. The van der Waals surface area contributed by atoms with E-state index in [1.165, 1.54) is 0 Å². The number of hydrogen-bond acceptors (Lipinski definition) is 4. The number of rotatable bonds is 4. The van der Waals surface area contributed by atoms with Crippen molar-refractivity contribution < 1.29 is 19.5 Å². The first kappa shape index (κ1) is 14.4. The van der Waals surface area contributed by atoms with E-state index in [1.54, 1.807) is 6.92 Å². The van der Waals surface area contributed by atoms with Gasteiger partial charge in [0.05, 0.1) is 6.04 Å². The minimum atomic E-state index is -0.869. The van der Waals surface area contributed by atoms with Crippen LogP contribution >= 0.6 is 0 Å². The third-order valence-electron chi connectivity index (χ3n) is 3.19. The average molecular weight is 257 g/mol. The highest BCUT2D eigenvalue weighted by Crippen LogP contribution is 2.21. The third kappa shape index (κ3) is 4.33. The molecule has 7 nitrogen and oxygen atoms in total. The summed E-state index contributed by atoms with van der Waals surface area (Å²) in [5, 5.41) is 10.8. The van der Waals surface area contributed by atoms with Crippen molar-refractivity contribution >= 4 is 17.9 Å². The molecule has 1 heterocycles. The number of nitrogens with one attached hydrogen (secondary N) is 1. The molecule has 102 valence electrons. The molecule has 0 aromatic heterocycles. The summed E-state index contributed by atoms with van der Waals surface area (Å²) in [5.74, 6) is -1.21. The molecule has 1 rings (SSSR count). The van der Waals surface area contributed by atoms with E-state index in [-0.39, 0.29) is 12.3 Å². The Balaban J connectivity index is 2.52. The van der Waals surface area contributed by atoms with Gasteiger partial charge in [0.1, 0.15) is 0 Å². The molecule has 0 radical (unpaired) electrons. The monoisotopic (exact) mass is 257 g/mol. The lowest BCUT2D eigenvalue weighted by atomic mass is 9.94. The van der Waals surface area contributed by atoms with E-state index in [0.717, 1.165) is 19.4 Å². The van der Waals surface area contributed by atoms with Crippen LogP contribution < -0.4 is 11.1 Å². The van der Waals surface area contributed by atoms with Gasteiger partial charge in [-0.05, 0) is 32.2 Å². The van der Waals surface area contributed by atoms with E-state index >= 15 is 0 Å². The van der Waals surface area contributed by atoms with Crippen LogP contribution in [0, 0.1) is 5.92 Å². The maximum Gasteiger partial charge on any atom is 0.318 e. The molecular weight excluding hydrogens is 238 g/mol. The van der Waals surface area contributed by atoms with Crippen molar-refractivity contribution in [3.63, 3.8) is 0 Å². The van der Waals surface area contributed by atoms with Gasteiger partial charge in [0.2, 0.25) is 5.91 Å². The molecule has 0 aromatic carbocycles. The Morgan fingerprint density at radius 3 is 2.72 bits per heavy atom. The molecule has 0 aromatic rings. The summed E-state index contributed by atoms with van der Waals surface area (Å²) in [7, 11) is 0. The molecule has 18 heavy (non-hydrogen) atoms. The molecule has 1 aliphatic heterocycles. The van der Waals surface area contributed by atoms with Gasteiger partial charge in [-0.2, -0.15) is 0 Å². The first-order valence-corrected chi connectivity index (χ1v) is 5.96. The van der Waals surface area contributed by atoms with Gasteiger partial charge >= 0.3 is 12.0 Å². The van der Waals surface area contributed by atoms with Crippen LogP contribution in [-0.2, 0) is 9.59 Å². The fourth-order valence-corrected chi connectivity index (χ4v) is 2.25. The summed E-state index contributed by atoms with van der Waals surface area (Å²) < 4.78 is 0. The first-order chi connectivity index (χ1) is 8.40. The normalized spacial score (nSPS) is 22.2. The molecule has 7 heteroatoms. The molecule has 3 amide bonds. The predicted molar refractivity (Wildman–Crippen MR) is 63.7 cm³/mol. The fraction of sp³-hybridized carbons (Fsp3) is 0.727. The highest BCUT2D eigenvalue weighted by atomic mass is 16.4. The maximum absolute atomic E-state index is 11.6. The smallest absolute Gasteiger partial charge is 0.318 e. The first-order valence-electron chi connectivity index (χ1n) is 5.96. The molecule has 1 fully saturated rings. The number of carbonyl (C=O) groups excluding carboxylic acids is 2. The fourth-order valence-electron chi connectivity index (χ4n) is 2.25. The zero-order valence-electron chi connectivity index (χ0n) is 10.4. The Morgan fingerprint density at radius 1 is 1.50 bits per heavy atom. The van der Waals surface area contributed by atoms with Crippen LogP contribution in [0.25, 0.3) is 0 Å². The van der Waals surface area contributed by atoms with Crippen LogP contribution in [0.4, 0.5) is 4.79 Å². The molecule has 1 saturated heterocycles. The molecule has 0 spiro atoms. The number of imide groups is 1. The number of carboxylic acid groups (broad SMARTS) is 1. The standard InChI is InChI=1S/C11H19N3O4/c1-7(10(17)13-11(12)18)14-4-2-3-8(6-14)5-9(15)16/h7-8H,2-6H2,1H3,(H,15,16)(H3,12,13,17,18). The number of carbonyl (C=O) groups is 3. The summed E-state index contributed by atoms with van der Waals surface area (Å²) in [6.07, 6.45) is 1.82. The second kappa shape index (κ2) is 6.34.